The molecular formula is C21H28ClNO4. The average Bonchev–Trinajstić information content (AvgIpc) is 2.69. The van der Waals surface area contributed by atoms with Crippen molar-refractivity contribution in [1.82, 2.24) is 4.90 Å². The molecule has 5 nitrogen and oxygen atoms in total. The topological polar surface area (TPSA) is 48.0 Å². The Kier molecular flexibility index (Phi) is 4.90. The van der Waals surface area contributed by atoms with Crippen LogP contribution >= 0.6 is 11.6 Å². The number of carbonyl (C=O) groups is 1. The van der Waals surface area contributed by atoms with E-state index in [1.165, 1.54) is 0 Å². The van der Waals surface area contributed by atoms with Gasteiger partial charge in [0.05, 0.1) is 6.10 Å². The number of hydrogen-bond acceptors (Lipinski definition) is 4. The Labute approximate surface area is 165 Å². The van der Waals surface area contributed by atoms with Crippen molar-refractivity contribution in [3.05, 3.63) is 28.8 Å². The van der Waals surface area contributed by atoms with E-state index in [-0.39, 0.29) is 17.6 Å². The van der Waals surface area contributed by atoms with E-state index in [1.807, 2.05) is 36.9 Å². The first kappa shape index (κ1) is 19.0. The molecule has 3 aliphatic heterocycles. The molecule has 1 spiro atoms. The number of nitrogens with zero attached hydrogens (tertiary/aromatic N) is 1. The maximum Gasteiger partial charge on any atom is 0.254 e. The smallest absolute Gasteiger partial charge is 0.254 e. The number of likely N-dealkylation sites (tertiary alicyclic amines) is 1. The Morgan fingerprint density at radius 1 is 1.33 bits per heavy atom. The predicted molar refractivity (Wildman–Crippen MR) is 103 cm³/mol. The van der Waals surface area contributed by atoms with Crippen LogP contribution in [0.3, 0.4) is 0 Å². The minimum Gasteiger partial charge on any atom is -0.486 e. The maximum absolute atomic E-state index is 12.8. The van der Waals surface area contributed by atoms with Crippen molar-refractivity contribution in [2.75, 3.05) is 26.8 Å². The van der Waals surface area contributed by atoms with Crippen molar-refractivity contribution in [3.8, 4) is 5.75 Å². The molecule has 6 heteroatoms. The first-order valence-electron chi connectivity index (χ1n) is 9.81. The highest BCUT2D eigenvalue weighted by atomic mass is 35.5. The number of methoxy groups -OCH3 is 1. The standard InChI is InChI=1S/C21H28ClNO4/c1-20(2,25-3)19(24)23-10-8-21(9-11-23)16-5-4-12-26-18(16)15-13-14(22)6-7-17(15)27-21/h6-7,13,16,18H,4-5,8-12H2,1-3H3/t16-,18+/m0/s1. The zero-order valence-electron chi connectivity index (χ0n) is 16.3. The van der Waals surface area contributed by atoms with Gasteiger partial charge in [-0.15, -0.1) is 0 Å². The second-order valence-electron chi connectivity index (χ2n) is 8.40. The highest BCUT2D eigenvalue weighted by molar-refractivity contribution is 6.30. The van der Waals surface area contributed by atoms with Crippen molar-refractivity contribution in [3.63, 3.8) is 0 Å². The van der Waals surface area contributed by atoms with E-state index in [0.29, 0.717) is 24.0 Å². The van der Waals surface area contributed by atoms with Crippen LogP contribution in [0.1, 0.15) is 51.2 Å². The molecule has 1 aromatic carbocycles. The Bertz CT molecular complexity index is 727. The minimum absolute atomic E-state index is 0.0267. The van der Waals surface area contributed by atoms with Gasteiger partial charge in [0, 0.05) is 56.2 Å². The monoisotopic (exact) mass is 393 g/mol. The lowest BCUT2D eigenvalue weighted by Gasteiger charge is -2.53. The molecule has 148 valence electrons. The van der Waals surface area contributed by atoms with E-state index in [4.69, 9.17) is 25.8 Å². The lowest BCUT2D eigenvalue weighted by Crippen LogP contribution is -2.59. The van der Waals surface area contributed by atoms with Gasteiger partial charge in [-0.05, 0) is 44.9 Å². The van der Waals surface area contributed by atoms with Gasteiger partial charge in [-0.25, -0.2) is 0 Å². The second kappa shape index (κ2) is 6.94. The third-order valence-corrected chi connectivity index (χ3v) is 6.75. The minimum atomic E-state index is -0.794. The molecule has 4 rings (SSSR count). The zero-order chi connectivity index (χ0) is 19.2. The van der Waals surface area contributed by atoms with Gasteiger partial charge in [0.1, 0.15) is 17.0 Å². The summed E-state index contributed by atoms with van der Waals surface area (Å²) in [4.78, 5) is 14.7. The van der Waals surface area contributed by atoms with Gasteiger partial charge >= 0.3 is 0 Å². The van der Waals surface area contributed by atoms with Gasteiger partial charge in [0.15, 0.2) is 0 Å². The Balaban J connectivity index is 1.59. The van der Waals surface area contributed by atoms with Crippen LogP contribution in [0, 0.1) is 5.92 Å². The number of benzene rings is 1. The number of carbonyl (C=O) groups excluding carboxylic acids is 1. The van der Waals surface area contributed by atoms with Gasteiger partial charge < -0.3 is 19.1 Å². The van der Waals surface area contributed by atoms with Crippen LogP contribution in [-0.4, -0.2) is 48.8 Å². The summed E-state index contributed by atoms with van der Waals surface area (Å²) >= 11 is 6.23. The van der Waals surface area contributed by atoms with Gasteiger partial charge in [-0.1, -0.05) is 11.6 Å². The molecule has 0 radical (unpaired) electrons. The summed E-state index contributed by atoms with van der Waals surface area (Å²) in [7, 11) is 1.58. The van der Waals surface area contributed by atoms with Gasteiger partial charge in [0.2, 0.25) is 0 Å². The summed E-state index contributed by atoms with van der Waals surface area (Å²) in [6.45, 7) is 5.77. The van der Waals surface area contributed by atoms with E-state index in [1.54, 1.807) is 7.11 Å². The number of hydrogen-bond donors (Lipinski definition) is 0. The summed E-state index contributed by atoms with van der Waals surface area (Å²) in [5.74, 6) is 1.21. The second-order valence-corrected chi connectivity index (χ2v) is 8.83. The highest BCUT2D eigenvalue weighted by Crippen LogP contribution is 2.53. The van der Waals surface area contributed by atoms with Crippen LogP contribution in [0.5, 0.6) is 5.75 Å². The fourth-order valence-electron chi connectivity index (χ4n) is 4.79. The Morgan fingerprint density at radius 3 is 2.78 bits per heavy atom. The SMILES string of the molecule is COC(C)(C)C(=O)N1CCC2(CC1)Oc1ccc(Cl)cc1[C@H]1OCCC[C@@H]12. The van der Waals surface area contributed by atoms with Crippen molar-refractivity contribution >= 4 is 17.5 Å². The van der Waals surface area contributed by atoms with Crippen molar-refractivity contribution in [1.29, 1.82) is 0 Å². The number of amides is 1. The number of fused-ring (bicyclic) bond motifs is 4. The average molecular weight is 394 g/mol. The number of halogens is 1. The van der Waals surface area contributed by atoms with Crippen LogP contribution in [0.4, 0.5) is 0 Å². The molecule has 3 heterocycles. The lowest BCUT2D eigenvalue weighted by atomic mass is 9.70. The first-order chi connectivity index (χ1) is 12.9. The van der Waals surface area contributed by atoms with E-state index in [0.717, 1.165) is 43.6 Å². The molecule has 0 aliphatic carbocycles. The Morgan fingerprint density at radius 2 is 2.07 bits per heavy atom. The summed E-state index contributed by atoms with van der Waals surface area (Å²) in [6.07, 6.45) is 3.77. The number of piperidine rings is 1. The lowest BCUT2D eigenvalue weighted by molar-refractivity contribution is -0.166. The van der Waals surface area contributed by atoms with Crippen LogP contribution in [-0.2, 0) is 14.3 Å². The van der Waals surface area contributed by atoms with Crippen molar-refractivity contribution in [2.24, 2.45) is 5.92 Å². The fraction of sp³-hybridized carbons (Fsp3) is 0.667. The molecule has 2 atom stereocenters. The summed E-state index contributed by atoms with van der Waals surface area (Å²) < 4.78 is 18.2. The molecule has 0 unspecified atom stereocenters. The quantitative estimate of drug-likeness (QED) is 0.762. The van der Waals surface area contributed by atoms with E-state index in [9.17, 15) is 4.79 Å². The van der Waals surface area contributed by atoms with Crippen LogP contribution < -0.4 is 4.74 Å². The molecule has 0 saturated carbocycles. The van der Waals surface area contributed by atoms with Crippen molar-refractivity contribution in [2.45, 2.75) is 56.8 Å². The molecule has 1 aromatic rings. The number of rotatable bonds is 2. The summed E-state index contributed by atoms with van der Waals surface area (Å²) in [6, 6.07) is 5.81. The molecule has 27 heavy (non-hydrogen) atoms. The van der Waals surface area contributed by atoms with Crippen LogP contribution in [0.15, 0.2) is 18.2 Å². The van der Waals surface area contributed by atoms with Gasteiger partial charge in [-0.2, -0.15) is 0 Å². The summed E-state index contributed by atoms with van der Waals surface area (Å²) in [5, 5.41) is 0.712. The van der Waals surface area contributed by atoms with E-state index >= 15 is 0 Å². The van der Waals surface area contributed by atoms with E-state index < -0.39 is 5.60 Å². The van der Waals surface area contributed by atoms with Gasteiger partial charge in [0.25, 0.3) is 5.91 Å². The third kappa shape index (κ3) is 3.24. The van der Waals surface area contributed by atoms with Crippen LogP contribution in [0.25, 0.3) is 0 Å². The Hall–Kier alpha value is -1.30. The normalized spacial score (nSPS) is 26.9. The zero-order valence-corrected chi connectivity index (χ0v) is 17.1. The molecule has 2 fully saturated rings. The molecule has 1 amide bonds. The molecule has 2 saturated heterocycles. The van der Waals surface area contributed by atoms with Gasteiger partial charge in [-0.3, -0.25) is 4.79 Å². The van der Waals surface area contributed by atoms with E-state index in [2.05, 4.69) is 0 Å². The number of ether oxygens (including phenoxy) is 3. The molecular weight excluding hydrogens is 366 g/mol. The third-order valence-electron chi connectivity index (χ3n) is 6.51. The molecule has 0 N–H and O–H groups in total. The summed E-state index contributed by atoms with van der Waals surface area (Å²) in [5.41, 5.74) is -0.00523. The van der Waals surface area contributed by atoms with Crippen LogP contribution in [0.2, 0.25) is 5.02 Å². The molecule has 3 aliphatic rings. The predicted octanol–water partition coefficient (Wildman–Crippen LogP) is 3.99. The fourth-order valence-corrected chi connectivity index (χ4v) is 4.97. The highest BCUT2D eigenvalue weighted by Gasteiger charge is 2.53. The largest absolute Gasteiger partial charge is 0.486 e. The molecule has 0 bridgehead atoms. The molecule has 0 aromatic heterocycles. The maximum atomic E-state index is 12.8. The van der Waals surface area contributed by atoms with Crippen molar-refractivity contribution < 1.29 is 19.0 Å². The first-order valence-corrected chi connectivity index (χ1v) is 10.2.